The van der Waals surface area contributed by atoms with Crippen molar-refractivity contribution < 1.29 is 18.0 Å². The van der Waals surface area contributed by atoms with Crippen molar-refractivity contribution >= 4 is 28.6 Å². The number of aromatic nitrogens is 2. The lowest BCUT2D eigenvalue weighted by Crippen LogP contribution is -2.50. The van der Waals surface area contributed by atoms with Crippen LogP contribution in [0.3, 0.4) is 0 Å². The van der Waals surface area contributed by atoms with E-state index >= 15 is 0 Å². The Morgan fingerprint density at radius 3 is 2.73 bits per heavy atom. The molecular formula is C24H27F3N4OS. The van der Waals surface area contributed by atoms with E-state index in [-0.39, 0.29) is 17.4 Å². The normalized spacial score (nSPS) is 19.8. The molecule has 1 saturated heterocycles. The third-order valence-corrected chi connectivity index (χ3v) is 7.46. The number of carbonyl (C=O) groups excluding carboxylic acids is 1. The van der Waals surface area contributed by atoms with Gasteiger partial charge in [0.05, 0.1) is 15.4 Å². The number of nitrogens with zero attached hydrogens (tertiary/aromatic N) is 3. The quantitative estimate of drug-likeness (QED) is 0.524. The van der Waals surface area contributed by atoms with Crippen LogP contribution >= 0.6 is 11.3 Å². The van der Waals surface area contributed by atoms with Crippen LogP contribution in [0.1, 0.15) is 58.5 Å². The fourth-order valence-electron chi connectivity index (χ4n) is 4.42. The number of aryl methyl sites for hydroxylation is 1. The molecule has 9 heteroatoms. The van der Waals surface area contributed by atoms with Gasteiger partial charge in [-0.25, -0.2) is 9.97 Å². The van der Waals surface area contributed by atoms with Gasteiger partial charge in [-0.15, -0.1) is 11.3 Å². The molecule has 1 spiro atoms. The van der Waals surface area contributed by atoms with Gasteiger partial charge < -0.3 is 10.2 Å². The Morgan fingerprint density at radius 1 is 1.36 bits per heavy atom. The monoisotopic (exact) mass is 476 g/mol. The number of thiazole rings is 1. The number of carbonyl (C=O) groups is 1. The number of anilines is 1. The molecule has 0 aromatic carbocycles. The van der Waals surface area contributed by atoms with Crippen LogP contribution in [0.15, 0.2) is 37.1 Å². The highest BCUT2D eigenvalue weighted by Gasteiger charge is 2.49. The molecule has 33 heavy (non-hydrogen) atoms. The zero-order valence-corrected chi connectivity index (χ0v) is 19.5. The van der Waals surface area contributed by atoms with E-state index in [2.05, 4.69) is 21.9 Å². The van der Waals surface area contributed by atoms with E-state index in [9.17, 15) is 18.0 Å². The average Bonchev–Trinajstić information content (AvgIpc) is 3.40. The van der Waals surface area contributed by atoms with Crippen molar-refractivity contribution in [3.8, 4) is 0 Å². The SMILES string of the molecule is C=C(/C=C\C)c1sc(C)nc1C(=O)N1CCC2(CC2)CC1CNc1ccc(C(F)(F)F)cn1. The Labute approximate surface area is 195 Å². The molecular weight excluding hydrogens is 449 g/mol. The molecule has 0 radical (unpaired) electrons. The van der Waals surface area contributed by atoms with Crippen LogP contribution in [0.25, 0.3) is 5.57 Å². The molecule has 1 atom stereocenters. The lowest BCUT2D eigenvalue weighted by molar-refractivity contribution is -0.137. The predicted molar refractivity (Wildman–Crippen MR) is 124 cm³/mol. The molecule has 1 amide bonds. The third kappa shape index (κ3) is 5.13. The first-order valence-corrected chi connectivity index (χ1v) is 11.8. The first kappa shape index (κ1) is 23.5. The number of piperidine rings is 1. The molecule has 1 aliphatic heterocycles. The summed E-state index contributed by atoms with van der Waals surface area (Å²) in [7, 11) is 0. The molecule has 2 aromatic rings. The maximum absolute atomic E-state index is 13.6. The maximum atomic E-state index is 13.6. The van der Waals surface area contributed by atoms with Crippen molar-refractivity contribution in [1.82, 2.24) is 14.9 Å². The van der Waals surface area contributed by atoms with Gasteiger partial charge >= 0.3 is 6.18 Å². The van der Waals surface area contributed by atoms with Crippen molar-refractivity contribution in [2.45, 2.75) is 51.7 Å². The summed E-state index contributed by atoms with van der Waals surface area (Å²) in [6, 6.07) is 2.24. The second-order valence-corrected chi connectivity index (χ2v) is 10.1. The lowest BCUT2D eigenvalue weighted by Gasteiger charge is -2.40. The Balaban J connectivity index is 1.52. The van der Waals surface area contributed by atoms with E-state index in [0.29, 0.717) is 24.6 Å². The van der Waals surface area contributed by atoms with Crippen LogP contribution in [-0.4, -0.2) is 39.9 Å². The van der Waals surface area contributed by atoms with E-state index in [1.54, 1.807) is 0 Å². The van der Waals surface area contributed by atoms with Gasteiger partial charge in [-0.1, -0.05) is 18.7 Å². The maximum Gasteiger partial charge on any atom is 0.417 e. The molecule has 4 rings (SSSR count). The van der Waals surface area contributed by atoms with E-state index in [0.717, 1.165) is 53.4 Å². The Bertz CT molecular complexity index is 1070. The molecule has 1 unspecified atom stereocenters. The second kappa shape index (κ2) is 8.93. The van der Waals surface area contributed by atoms with Crippen molar-refractivity contribution in [3.05, 3.63) is 58.2 Å². The van der Waals surface area contributed by atoms with Crippen LogP contribution in [-0.2, 0) is 6.18 Å². The van der Waals surface area contributed by atoms with Crippen LogP contribution in [0.2, 0.25) is 0 Å². The minimum Gasteiger partial charge on any atom is -0.368 e. The molecule has 1 aliphatic carbocycles. The fraction of sp³-hybridized carbons (Fsp3) is 0.458. The largest absolute Gasteiger partial charge is 0.417 e. The average molecular weight is 477 g/mol. The number of hydrogen-bond donors (Lipinski definition) is 1. The Hall–Kier alpha value is -2.68. The minimum absolute atomic E-state index is 0.0947. The van der Waals surface area contributed by atoms with Crippen LogP contribution in [0.4, 0.5) is 19.0 Å². The van der Waals surface area contributed by atoms with Crippen molar-refractivity contribution in [3.63, 3.8) is 0 Å². The number of amides is 1. The molecule has 3 heterocycles. The minimum atomic E-state index is -4.42. The number of hydrogen-bond acceptors (Lipinski definition) is 5. The van der Waals surface area contributed by atoms with Gasteiger partial charge in [0, 0.05) is 25.3 Å². The highest BCUT2D eigenvalue weighted by molar-refractivity contribution is 7.13. The second-order valence-electron chi connectivity index (χ2n) is 8.85. The summed E-state index contributed by atoms with van der Waals surface area (Å²) >= 11 is 1.45. The number of allylic oxidation sites excluding steroid dienone is 3. The lowest BCUT2D eigenvalue weighted by atomic mass is 9.87. The van der Waals surface area contributed by atoms with Gasteiger partial charge in [0.2, 0.25) is 0 Å². The zero-order valence-electron chi connectivity index (χ0n) is 18.7. The van der Waals surface area contributed by atoms with Crippen molar-refractivity contribution in [1.29, 1.82) is 0 Å². The summed E-state index contributed by atoms with van der Waals surface area (Å²) < 4.78 is 38.4. The summed E-state index contributed by atoms with van der Waals surface area (Å²) in [5.74, 6) is 0.236. The molecule has 2 fully saturated rings. The smallest absolute Gasteiger partial charge is 0.368 e. The standard InChI is InChI=1S/C24H27F3N4OS/c1-4-5-15(2)21-20(30-16(3)33-21)22(32)31-11-10-23(8-9-23)12-18(31)14-29-19-7-6-17(13-28-19)24(25,26)27/h4-7,13,18H,2,8-12,14H2,1,3H3,(H,28,29)/b5-4-. The highest BCUT2D eigenvalue weighted by atomic mass is 32.1. The molecule has 2 aliphatic rings. The molecule has 1 saturated carbocycles. The van der Waals surface area contributed by atoms with Gasteiger partial charge in [0.15, 0.2) is 0 Å². The first-order chi connectivity index (χ1) is 15.6. The predicted octanol–water partition coefficient (Wildman–Crippen LogP) is 5.95. The number of pyridine rings is 1. The number of halogens is 3. The summed E-state index contributed by atoms with van der Waals surface area (Å²) in [4.78, 5) is 24.7. The van der Waals surface area contributed by atoms with Crippen LogP contribution in [0.5, 0.6) is 0 Å². The van der Waals surface area contributed by atoms with Gasteiger partial charge in [0.1, 0.15) is 11.5 Å². The van der Waals surface area contributed by atoms with Gasteiger partial charge in [-0.05, 0) is 62.7 Å². The van der Waals surface area contributed by atoms with E-state index in [4.69, 9.17) is 0 Å². The number of alkyl halides is 3. The third-order valence-electron chi connectivity index (χ3n) is 6.42. The molecule has 5 nitrogen and oxygen atoms in total. The zero-order chi connectivity index (χ0) is 23.8. The Morgan fingerprint density at radius 2 is 2.12 bits per heavy atom. The first-order valence-electron chi connectivity index (χ1n) is 11.0. The van der Waals surface area contributed by atoms with E-state index < -0.39 is 11.7 Å². The van der Waals surface area contributed by atoms with Crippen LogP contribution in [0, 0.1) is 12.3 Å². The molecule has 0 bridgehead atoms. The summed E-state index contributed by atoms with van der Waals surface area (Å²) in [5, 5.41) is 3.94. The molecule has 176 valence electrons. The van der Waals surface area contributed by atoms with Crippen LogP contribution < -0.4 is 5.32 Å². The number of rotatable bonds is 6. The summed E-state index contributed by atoms with van der Waals surface area (Å²) in [6.45, 7) is 8.91. The number of likely N-dealkylation sites (tertiary alicyclic amines) is 1. The number of nitrogens with one attached hydrogen (secondary N) is 1. The topological polar surface area (TPSA) is 58.1 Å². The highest BCUT2D eigenvalue weighted by Crippen LogP contribution is 2.55. The molecule has 1 N–H and O–H groups in total. The fourth-order valence-corrected chi connectivity index (χ4v) is 5.29. The van der Waals surface area contributed by atoms with Gasteiger partial charge in [-0.3, -0.25) is 4.79 Å². The van der Waals surface area contributed by atoms with Gasteiger partial charge in [0.25, 0.3) is 5.91 Å². The summed E-state index contributed by atoms with van der Waals surface area (Å²) in [6.07, 6.45) is 4.29. The summed E-state index contributed by atoms with van der Waals surface area (Å²) in [5.41, 5.74) is 0.675. The Kier molecular flexibility index (Phi) is 6.35. The van der Waals surface area contributed by atoms with Gasteiger partial charge in [-0.2, -0.15) is 13.2 Å². The van der Waals surface area contributed by atoms with E-state index in [1.807, 2.05) is 30.9 Å². The van der Waals surface area contributed by atoms with Crippen molar-refractivity contribution in [2.24, 2.45) is 5.41 Å². The van der Waals surface area contributed by atoms with Crippen molar-refractivity contribution in [2.75, 3.05) is 18.4 Å². The molecule has 2 aromatic heterocycles. The van der Waals surface area contributed by atoms with E-state index in [1.165, 1.54) is 17.4 Å².